The van der Waals surface area contributed by atoms with Crippen LogP contribution in [0.15, 0.2) is 35.4 Å². The Morgan fingerprint density at radius 1 is 1.21 bits per heavy atom. The summed E-state index contributed by atoms with van der Waals surface area (Å²) in [6.07, 6.45) is 1.65. The van der Waals surface area contributed by atoms with E-state index < -0.39 is 0 Å². The third-order valence-corrected chi connectivity index (χ3v) is 4.61. The summed E-state index contributed by atoms with van der Waals surface area (Å²) < 4.78 is 12.8. The standard InChI is InChI=1S/C22H31N3O3/c1-16-13-18(17(2)25(16)11-12-27-6)14-23-24-21(26)15-28-20-9-7-19(8-10-20)22(3,4)5/h7-10,13-14H,11-12,15H2,1-6H3,(H,24,26). The Morgan fingerprint density at radius 2 is 1.89 bits per heavy atom. The van der Waals surface area contributed by atoms with Crippen LogP contribution in [0.4, 0.5) is 0 Å². The van der Waals surface area contributed by atoms with Crippen LogP contribution in [0, 0.1) is 13.8 Å². The molecular formula is C22H31N3O3. The number of benzene rings is 1. The predicted molar refractivity (Wildman–Crippen MR) is 112 cm³/mol. The molecule has 0 spiro atoms. The molecule has 0 aliphatic rings. The number of carbonyl (C=O) groups is 1. The average molecular weight is 386 g/mol. The largest absolute Gasteiger partial charge is 0.484 e. The molecule has 0 radical (unpaired) electrons. The molecule has 1 N–H and O–H groups in total. The number of carbonyl (C=O) groups excluding carboxylic acids is 1. The van der Waals surface area contributed by atoms with Crippen molar-refractivity contribution >= 4 is 12.1 Å². The fraction of sp³-hybridized carbons (Fsp3) is 0.455. The second kappa shape index (κ2) is 9.55. The fourth-order valence-electron chi connectivity index (χ4n) is 2.89. The van der Waals surface area contributed by atoms with E-state index in [2.05, 4.69) is 35.9 Å². The highest BCUT2D eigenvalue weighted by Crippen LogP contribution is 2.24. The van der Waals surface area contributed by atoms with E-state index in [1.807, 2.05) is 44.2 Å². The van der Waals surface area contributed by atoms with Crippen molar-refractivity contribution in [3.05, 3.63) is 52.8 Å². The van der Waals surface area contributed by atoms with Crippen LogP contribution < -0.4 is 10.2 Å². The van der Waals surface area contributed by atoms with Gasteiger partial charge in [0.1, 0.15) is 5.75 Å². The molecule has 0 aliphatic heterocycles. The zero-order valence-corrected chi connectivity index (χ0v) is 17.7. The van der Waals surface area contributed by atoms with E-state index in [-0.39, 0.29) is 17.9 Å². The smallest absolute Gasteiger partial charge is 0.277 e. The summed E-state index contributed by atoms with van der Waals surface area (Å²) in [6.45, 7) is 11.9. The van der Waals surface area contributed by atoms with Gasteiger partial charge in [-0.25, -0.2) is 5.43 Å². The van der Waals surface area contributed by atoms with Crippen LogP contribution in [0.5, 0.6) is 5.75 Å². The van der Waals surface area contributed by atoms with Gasteiger partial charge in [-0.3, -0.25) is 4.79 Å². The van der Waals surface area contributed by atoms with Gasteiger partial charge >= 0.3 is 0 Å². The van der Waals surface area contributed by atoms with E-state index >= 15 is 0 Å². The maximum absolute atomic E-state index is 12.0. The highest BCUT2D eigenvalue weighted by Gasteiger charge is 2.13. The minimum Gasteiger partial charge on any atom is -0.484 e. The first-order valence-electron chi connectivity index (χ1n) is 9.43. The molecule has 6 nitrogen and oxygen atoms in total. The molecule has 2 aromatic rings. The van der Waals surface area contributed by atoms with Gasteiger partial charge in [-0.15, -0.1) is 0 Å². The molecule has 0 fully saturated rings. The van der Waals surface area contributed by atoms with Crippen molar-refractivity contribution in [2.45, 2.75) is 46.6 Å². The lowest BCUT2D eigenvalue weighted by molar-refractivity contribution is -0.123. The number of hydrogen-bond acceptors (Lipinski definition) is 4. The molecule has 1 amide bonds. The second-order valence-electron chi connectivity index (χ2n) is 7.83. The lowest BCUT2D eigenvalue weighted by Crippen LogP contribution is -2.24. The van der Waals surface area contributed by atoms with Gasteiger partial charge in [-0.2, -0.15) is 5.10 Å². The molecule has 0 saturated carbocycles. The molecule has 0 aliphatic carbocycles. The van der Waals surface area contributed by atoms with Crippen molar-refractivity contribution in [1.82, 2.24) is 9.99 Å². The Kier molecular flexibility index (Phi) is 7.40. The van der Waals surface area contributed by atoms with Crippen LogP contribution >= 0.6 is 0 Å². The van der Waals surface area contributed by atoms with Crippen LogP contribution in [-0.4, -0.2) is 37.0 Å². The summed E-state index contributed by atoms with van der Waals surface area (Å²) >= 11 is 0. The molecule has 2 rings (SSSR count). The summed E-state index contributed by atoms with van der Waals surface area (Å²) in [5.74, 6) is 0.359. The van der Waals surface area contributed by atoms with Gasteiger partial charge in [0.15, 0.2) is 6.61 Å². The average Bonchev–Trinajstić information content (AvgIpc) is 2.91. The van der Waals surface area contributed by atoms with E-state index in [1.165, 1.54) is 5.56 Å². The third kappa shape index (κ3) is 5.96. The van der Waals surface area contributed by atoms with Crippen molar-refractivity contribution in [2.24, 2.45) is 5.10 Å². The molecule has 0 atom stereocenters. The van der Waals surface area contributed by atoms with E-state index in [1.54, 1.807) is 13.3 Å². The summed E-state index contributed by atoms with van der Waals surface area (Å²) in [7, 11) is 1.69. The quantitative estimate of drug-likeness (QED) is 0.558. The van der Waals surface area contributed by atoms with Gasteiger partial charge in [0.2, 0.25) is 0 Å². The van der Waals surface area contributed by atoms with Crippen LogP contribution in [-0.2, 0) is 21.5 Å². The van der Waals surface area contributed by atoms with Gasteiger partial charge in [-0.05, 0) is 43.0 Å². The first-order chi connectivity index (χ1) is 13.2. The maximum atomic E-state index is 12.0. The van der Waals surface area contributed by atoms with E-state index in [0.29, 0.717) is 12.4 Å². The van der Waals surface area contributed by atoms with Crippen molar-refractivity contribution < 1.29 is 14.3 Å². The lowest BCUT2D eigenvalue weighted by atomic mass is 9.87. The van der Waals surface area contributed by atoms with E-state index in [4.69, 9.17) is 9.47 Å². The first kappa shape index (κ1) is 21.7. The van der Waals surface area contributed by atoms with Crippen LogP contribution in [0.25, 0.3) is 0 Å². The van der Waals surface area contributed by atoms with Crippen LogP contribution in [0.1, 0.15) is 43.3 Å². The number of hydrazone groups is 1. The second-order valence-corrected chi connectivity index (χ2v) is 7.83. The summed E-state index contributed by atoms with van der Waals surface area (Å²) in [5, 5.41) is 4.05. The number of aryl methyl sites for hydroxylation is 1. The number of amides is 1. The zero-order chi connectivity index (χ0) is 20.7. The predicted octanol–water partition coefficient (Wildman–Crippen LogP) is 3.58. The minimum atomic E-state index is -0.302. The molecule has 1 aromatic heterocycles. The monoisotopic (exact) mass is 385 g/mol. The number of methoxy groups -OCH3 is 1. The third-order valence-electron chi connectivity index (χ3n) is 4.61. The molecular weight excluding hydrogens is 354 g/mol. The molecule has 6 heteroatoms. The number of nitrogens with one attached hydrogen (secondary N) is 1. The molecule has 0 unspecified atom stereocenters. The number of hydrogen-bond donors (Lipinski definition) is 1. The molecule has 152 valence electrons. The summed E-state index contributed by atoms with van der Waals surface area (Å²) in [6, 6.07) is 9.83. The highest BCUT2D eigenvalue weighted by atomic mass is 16.5. The van der Waals surface area contributed by atoms with Crippen LogP contribution in [0.3, 0.4) is 0 Å². The number of rotatable bonds is 8. The highest BCUT2D eigenvalue weighted by molar-refractivity contribution is 5.84. The van der Waals surface area contributed by atoms with Crippen molar-refractivity contribution in [1.29, 1.82) is 0 Å². The normalized spacial score (nSPS) is 11.8. The van der Waals surface area contributed by atoms with E-state index in [0.717, 1.165) is 23.5 Å². The Labute approximate surface area is 167 Å². The van der Waals surface area contributed by atoms with Crippen molar-refractivity contribution in [3.63, 3.8) is 0 Å². The Balaban J connectivity index is 1.85. The molecule has 0 saturated heterocycles. The summed E-state index contributed by atoms with van der Waals surface area (Å²) in [5.41, 5.74) is 6.99. The maximum Gasteiger partial charge on any atom is 0.277 e. The van der Waals surface area contributed by atoms with Crippen molar-refractivity contribution in [2.75, 3.05) is 20.3 Å². The topological polar surface area (TPSA) is 64.8 Å². The minimum absolute atomic E-state index is 0.0843. The van der Waals surface area contributed by atoms with Gasteiger partial charge < -0.3 is 14.0 Å². The van der Waals surface area contributed by atoms with Gasteiger partial charge in [0.05, 0.1) is 12.8 Å². The zero-order valence-electron chi connectivity index (χ0n) is 17.7. The van der Waals surface area contributed by atoms with E-state index in [9.17, 15) is 4.79 Å². The summed E-state index contributed by atoms with van der Waals surface area (Å²) in [4.78, 5) is 12.0. The number of aromatic nitrogens is 1. The fourth-order valence-corrected chi connectivity index (χ4v) is 2.89. The van der Waals surface area contributed by atoms with Gasteiger partial charge in [0, 0.05) is 30.6 Å². The van der Waals surface area contributed by atoms with Crippen LogP contribution in [0.2, 0.25) is 0 Å². The Hall–Kier alpha value is -2.60. The van der Waals surface area contributed by atoms with Gasteiger partial charge in [-0.1, -0.05) is 32.9 Å². The molecule has 1 heterocycles. The first-order valence-corrected chi connectivity index (χ1v) is 9.43. The van der Waals surface area contributed by atoms with Crippen molar-refractivity contribution in [3.8, 4) is 5.75 Å². The lowest BCUT2D eigenvalue weighted by Gasteiger charge is -2.19. The molecule has 1 aromatic carbocycles. The SMILES string of the molecule is COCCn1c(C)cc(C=NNC(=O)COc2ccc(C(C)(C)C)cc2)c1C. The Morgan fingerprint density at radius 3 is 2.50 bits per heavy atom. The van der Waals surface area contributed by atoms with Gasteiger partial charge in [0.25, 0.3) is 5.91 Å². The molecule has 0 bridgehead atoms. The Bertz CT molecular complexity index is 815. The molecule has 28 heavy (non-hydrogen) atoms. The number of ether oxygens (including phenoxy) is 2. The number of nitrogens with zero attached hydrogens (tertiary/aromatic N) is 2.